The number of nitriles is 1. The molecule has 0 bridgehead atoms. The molecule has 1 fully saturated rings. The van der Waals surface area contributed by atoms with Crippen molar-refractivity contribution in [2.75, 3.05) is 46.7 Å². The molecule has 0 saturated carbocycles. The molecule has 8 nitrogen and oxygen atoms in total. The fourth-order valence-electron chi connectivity index (χ4n) is 1.49. The molecule has 15 heteroatoms. The van der Waals surface area contributed by atoms with E-state index in [2.05, 4.69) is 14.5 Å². The predicted octanol–water partition coefficient (Wildman–Crippen LogP) is 2.79. The first kappa shape index (κ1) is 24.9. The maximum atomic E-state index is 11.3. The van der Waals surface area contributed by atoms with Crippen molar-refractivity contribution in [2.24, 2.45) is 5.16 Å². The van der Waals surface area contributed by atoms with Crippen molar-refractivity contribution in [3.05, 3.63) is 0 Å². The minimum absolute atomic E-state index is 0.127. The third-order valence-corrected chi connectivity index (χ3v) is 2.40. The summed E-state index contributed by atoms with van der Waals surface area (Å²) in [6.45, 7) is 5.00. The summed E-state index contributed by atoms with van der Waals surface area (Å²) < 4.78 is 71.2. The van der Waals surface area contributed by atoms with E-state index >= 15 is 0 Å². The van der Waals surface area contributed by atoms with Crippen molar-refractivity contribution in [2.45, 2.75) is 6.92 Å². The first-order valence-electron chi connectivity index (χ1n) is 7.33. The van der Waals surface area contributed by atoms with E-state index in [1.54, 1.807) is 24.9 Å². The summed E-state index contributed by atoms with van der Waals surface area (Å²) in [6, 6.07) is 1.64. The van der Waals surface area contributed by atoms with Gasteiger partial charge in [0, 0.05) is 0 Å². The van der Waals surface area contributed by atoms with Crippen LogP contribution in [0.4, 0.5) is 25.2 Å². The predicted molar refractivity (Wildman–Crippen MR) is 83.8 cm³/mol. The van der Waals surface area contributed by atoms with Crippen LogP contribution >= 0.6 is 7.81 Å². The van der Waals surface area contributed by atoms with Gasteiger partial charge >= 0.3 is 39.0 Å². The van der Waals surface area contributed by atoms with Crippen LogP contribution in [0.3, 0.4) is 0 Å². The summed E-state index contributed by atoms with van der Waals surface area (Å²) >= 11 is 0. The second-order valence-corrected chi connectivity index (χ2v) is 6.93. The summed E-state index contributed by atoms with van der Waals surface area (Å²) in [6.07, 6.45) is 1.88. The normalized spacial score (nSPS) is 17.3. The number of hydrogen-bond donors (Lipinski definition) is 0. The molecule has 1 aliphatic heterocycles. The van der Waals surface area contributed by atoms with Crippen molar-refractivity contribution >= 4 is 25.8 Å². The van der Waals surface area contributed by atoms with Crippen LogP contribution in [0, 0.1) is 11.3 Å². The van der Waals surface area contributed by atoms with Gasteiger partial charge in [-0.3, -0.25) is 4.58 Å². The Morgan fingerprint density at radius 3 is 2.26 bits per heavy atom. The first-order valence-corrected chi connectivity index (χ1v) is 9.35. The van der Waals surface area contributed by atoms with Crippen LogP contribution in [-0.2, 0) is 19.1 Å². The number of rotatable bonds is 6. The average Bonchev–Trinajstić information content (AvgIpc) is 2.49. The molecule has 1 saturated heterocycles. The number of carbonyl (C=O) groups is 1. The number of esters is 1. The Morgan fingerprint density at radius 1 is 1.30 bits per heavy atom. The number of ether oxygens (including phenoxy) is 2. The molecule has 158 valence electrons. The molecule has 1 heterocycles. The second-order valence-electron chi connectivity index (χ2n) is 5.01. The monoisotopic (exact) mass is 428 g/mol. The van der Waals surface area contributed by atoms with Crippen LogP contribution in [0.1, 0.15) is 6.92 Å². The Bertz CT molecular complexity index is 598. The Hall–Kier alpha value is -2.13. The molecule has 0 spiro atoms. The molecular weight excluding hydrogens is 409 g/mol. The molecular formula is C12H19F6N4O4P. The Labute approximate surface area is 150 Å². The van der Waals surface area contributed by atoms with Crippen LogP contribution < -0.4 is 0 Å². The third kappa shape index (κ3) is 18.5. The molecule has 27 heavy (non-hydrogen) atoms. The molecule has 0 unspecified atom stereocenters. The van der Waals surface area contributed by atoms with Crippen molar-refractivity contribution in [1.82, 2.24) is 4.90 Å². The molecule has 0 aliphatic carbocycles. The van der Waals surface area contributed by atoms with Gasteiger partial charge in [-0.15, -0.1) is 0 Å². The zero-order chi connectivity index (χ0) is 21.2. The van der Waals surface area contributed by atoms with Gasteiger partial charge in [0.05, 0.1) is 26.9 Å². The van der Waals surface area contributed by atoms with Gasteiger partial charge in [-0.1, -0.05) is 5.16 Å². The number of morpholine rings is 1. The van der Waals surface area contributed by atoms with Crippen molar-refractivity contribution in [3.63, 3.8) is 0 Å². The number of halogens is 6. The molecule has 0 amide bonds. The van der Waals surface area contributed by atoms with E-state index in [1.807, 2.05) is 6.34 Å². The van der Waals surface area contributed by atoms with Gasteiger partial charge in [-0.25, -0.2) is 9.69 Å². The quantitative estimate of drug-likeness (QED) is 0.0945. The molecule has 0 radical (unpaired) electrons. The van der Waals surface area contributed by atoms with Crippen molar-refractivity contribution in [3.8, 4) is 6.07 Å². The Morgan fingerprint density at radius 2 is 1.81 bits per heavy atom. The summed E-state index contributed by atoms with van der Waals surface area (Å²) in [4.78, 5) is 18.0. The van der Waals surface area contributed by atoms with E-state index in [1.165, 1.54) is 0 Å². The molecule has 0 atom stereocenters. The van der Waals surface area contributed by atoms with Gasteiger partial charge < -0.3 is 14.3 Å². The molecule has 0 N–H and O–H groups in total. The Kier molecular flexibility index (Phi) is 8.46. The first-order chi connectivity index (χ1) is 12.1. The van der Waals surface area contributed by atoms with E-state index < -0.39 is 19.5 Å². The maximum absolute atomic E-state index is 11.3. The summed E-state index contributed by atoms with van der Waals surface area (Å²) in [5.41, 5.74) is -0.397. The molecule has 0 aromatic heterocycles. The zero-order valence-electron chi connectivity index (χ0n) is 14.5. The minimum atomic E-state index is -10.7. The molecule has 1 rings (SSSR count). The van der Waals surface area contributed by atoms with Crippen LogP contribution in [0.2, 0.25) is 0 Å². The fourth-order valence-corrected chi connectivity index (χ4v) is 1.49. The fraction of sp³-hybridized carbons (Fsp3) is 0.667. The van der Waals surface area contributed by atoms with E-state index in [0.29, 0.717) is 13.2 Å². The molecule has 0 aromatic carbocycles. The summed E-state index contributed by atoms with van der Waals surface area (Å²) in [5, 5.41) is 12.2. The SMILES string of the molecule is CCOC(=O)/C(C#N)=N/OCN(C)C=[N+]1CCOCC1.F[P-](F)(F)(F)(F)F. The van der Waals surface area contributed by atoms with Crippen LogP contribution in [0.25, 0.3) is 0 Å². The molecule has 0 aromatic rings. The Balaban J connectivity index is 0.000000821. The van der Waals surface area contributed by atoms with Crippen molar-refractivity contribution < 1.29 is 48.9 Å². The number of nitrogens with zero attached hydrogens (tertiary/aromatic N) is 4. The van der Waals surface area contributed by atoms with Gasteiger partial charge in [0.25, 0.3) is 12.4 Å². The molecule has 1 aliphatic rings. The van der Waals surface area contributed by atoms with Gasteiger partial charge in [-0.05, 0) is 6.92 Å². The zero-order valence-corrected chi connectivity index (χ0v) is 15.4. The van der Waals surface area contributed by atoms with Crippen LogP contribution in [0.15, 0.2) is 5.16 Å². The number of carbonyl (C=O) groups excluding carboxylic acids is 1. The van der Waals surface area contributed by atoms with Crippen LogP contribution in [-0.4, -0.2) is 74.2 Å². The van der Waals surface area contributed by atoms with Gasteiger partial charge in [0.15, 0.2) is 0 Å². The third-order valence-electron chi connectivity index (χ3n) is 2.40. The summed E-state index contributed by atoms with van der Waals surface area (Å²) in [5.74, 6) is -0.783. The number of oxime groups is 1. The van der Waals surface area contributed by atoms with E-state index in [4.69, 9.17) is 14.8 Å². The van der Waals surface area contributed by atoms with Gasteiger partial charge in [-0.2, -0.15) is 5.26 Å². The topological polar surface area (TPSA) is 87.2 Å². The standard InChI is InChI=1S/C12H19N4O4.F6P/c1-3-19-12(17)11(8-13)14-20-10-15(2)9-16-4-6-18-7-5-16;1-7(2,3,4,5)6/h9H,3-7,10H2,1-2H3;/q+1;-1/b14-11+;. The van der Waals surface area contributed by atoms with Crippen LogP contribution in [0.5, 0.6) is 0 Å². The van der Waals surface area contributed by atoms with Gasteiger partial charge in [0.1, 0.15) is 19.2 Å². The van der Waals surface area contributed by atoms with E-state index in [-0.39, 0.29) is 13.3 Å². The average molecular weight is 428 g/mol. The van der Waals surface area contributed by atoms with Crippen molar-refractivity contribution in [1.29, 1.82) is 5.26 Å². The number of hydrogen-bond acceptors (Lipinski definition) is 6. The summed E-state index contributed by atoms with van der Waals surface area (Å²) in [7, 11) is -8.85. The van der Waals surface area contributed by atoms with E-state index in [0.717, 1.165) is 13.1 Å². The second kappa shape index (κ2) is 9.18. The van der Waals surface area contributed by atoms with Gasteiger partial charge in [0.2, 0.25) is 6.34 Å². The van der Waals surface area contributed by atoms with E-state index in [9.17, 15) is 30.0 Å².